The molecule has 27 heavy (non-hydrogen) atoms. The molecule has 1 N–H and O–H groups in total. The van der Waals surface area contributed by atoms with Crippen LogP contribution in [0, 0.1) is 20.8 Å². The molecular weight excluding hydrogens is 338 g/mol. The average molecular weight is 370 g/mol. The normalized spacial score (nSPS) is 12.0. The van der Waals surface area contributed by atoms with Gasteiger partial charge in [-0.05, 0) is 80.1 Å². The summed E-state index contributed by atoms with van der Waals surface area (Å²) in [6, 6.07) is 9.78. The molecule has 146 valence electrons. The quantitative estimate of drug-likeness (QED) is 0.752. The molecule has 0 heterocycles. The summed E-state index contributed by atoms with van der Waals surface area (Å²) < 4.78 is 11.3. The SMILES string of the molecule is COc1cc(C)c(C(=O)N[C@@H](C)COc2ccc(C)c(C)c2)cc1C(C)C. The van der Waals surface area contributed by atoms with Gasteiger partial charge in [-0.1, -0.05) is 19.9 Å². The van der Waals surface area contributed by atoms with Crippen LogP contribution in [-0.2, 0) is 0 Å². The molecule has 2 aromatic rings. The van der Waals surface area contributed by atoms with Crippen molar-refractivity contribution in [2.24, 2.45) is 0 Å². The number of rotatable bonds is 7. The Kier molecular flexibility index (Phi) is 6.89. The summed E-state index contributed by atoms with van der Waals surface area (Å²) in [5, 5.41) is 3.03. The molecule has 1 atom stereocenters. The van der Waals surface area contributed by atoms with Crippen molar-refractivity contribution in [2.75, 3.05) is 13.7 Å². The molecule has 0 aliphatic carbocycles. The van der Waals surface area contributed by atoms with Crippen molar-refractivity contribution in [3.63, 3.8) is 0 Å². The Labute approximate surface area is 162 Å². The molecule has 0 radical (unpaired) electrons. The minimum atomic E-state index is -0.108. The smallest absolute Gasteiger partial charge is 0.251 e. The Bertz CT molecular complexity index is 812. The third-order valence-corrected chi connectivity index (χ3v) is 4.80. The first-order valence-electron chi connectivity index (χ1n) is 9.42. The van der Waals surface area contributed by atoms with Crippen LogP contribution in [0.1, 0.15) is 59.3 Å². The van der Waals surface area contributed by atoms with Gasteiger partial charge < -0.3 is 14.8 Å². The van der Waals surface area contributed by atoms with Gasteiger partial charge in [-0.15, -0.1) is 0 Å². The summed E-state index contributed by atoms with van der Waals surface area (Å²) in [6.07, 6.45) is 0. The minimum Gasteiger partial charge on any atom is -0.496 e. The Morgan fingerprint density at radius 1 is 1.00 bits per heavy atom. The second kappa shape index (κ2) is 8.94. The maximum Gasteiger partial charge on any atom is 0.251 e. The van der Waals surface area contributed by atoms with Crippen LogP contribution in [0.2, 0.25) is 0 Å². The first-order valence-corrected chi connectivity index (χ1v) is 9.42. The van der Waals surface area contributed by atoms with E-state index >= 15 is 0 Å². The zero-order valence-electron chi connectivity index (χ0n) is 17.5. The van der Waals surface area contributed by atoms with E-state index in [4.69, 9.17) is 9.47 Å². The predicted molar refractivity (Wildman–Crippen MR) is 110 cm³/mol. The summed E-state index contributed by atoms with van der Waals surface area (Å²) in [7, 11) is 1.66. The number of aryl methyl sites for hydroxylation is 3. The Morgan fingerprint density at radius 3 is 2.30 bits per heavy atom. The highest BCUT2D eigenvalue weighted by atomic mass is 16.5. The van der Waals surface area contributed by atoms with Gasteiger partial charge in [0, 0.05) is 5.56 Å². The molecule has 1 amide bonds. The first-order chi connectivity index (χ1) is 12.7. The highest BCUT2D eigenvalue weighted by Crippen LogP contribution is 2.29. The van der Waals surface area contributed by atoms with Gasteiger partial charge in [0.2, 0.25) is 0 Å². The molecule has 0 fully saturated rings. The van der Waals surface area contributed by atoms with E-state index in [0.717, 1.165) is 22.6 Å². The fourth-order valence-electron chi connectivity index (χ4n) is 2.94. The van der Waals surface area contributed by atoms with E-state index in [9.17, 15) is 4.79 Å². The van der Waals surface area contributed by atoms with Gasteiger partial charge in [0.1, 0.15) is 18.1 Å². The molecule has 2 aromatic carbocycles. The van der Waals surface area contributed by atoms with Gasteiger partial charge in [-0.3, -0.25) is 4.79 Å². The van der Waals surface area contributed by atoms with Crippen LogP contribution in [0.4, 0.5) is 0 Å². The van der Waals surface area contributed by atoms with Crippen LogP contribution in [0.25, 0.3) is 0 Å². The van der Waals surface area contributed by atoms with E-state index in [1.807, 2.05) is 44.2 Å². The standard InChI is InChI=1S/C23H31NO3/c1-14(2)20-12-21(17(5)11-22(20)26-7)23(25)24-18(6)13-27-19-9-8-15(3)16(4)10-19/h8-12,14,18H,13H2,1-7H3,(H,24,25)/t18-/m0/s1. The van der Waals surface area contributed by atoms with Crippen molar-refractivity contribution in [1.29, 1.82) is 0 Å². The van der Waals surface area contributed by atoms with E-state index in [-0.39, 0.29) is 17.9 Å². The van der Waals surface area contributed by atoms with Crippen molar-refractivity contribution in [1.82, 2.24) is 5.32 Å². The number of hydrogen-bond acceptors (Lipinski definition) is 3. The lowest BCUT2D eigenvalue weighted by atomic mass is 9.96. The number of amides is 1. The summed E-state index contributed by atoms with van der Waals surface area (Å²) in [6.45, 7) is 12.6. The number of ether oxygens (including phenoxy) is 2. The number of benzene rings is 2. The van der Waals surface area contributed by atoms with Gasteiger partial charge in [0.05, 0.1) is 13.2 Å². The molecule has 4 heteroatoms. The molecule has 0 bridgehead atoms. The number of hydrogen-bond donors (Lipinski definition) is 1. The third-order valence-electron chi connectivity index (χ3n) is 4.80. The van der Waals surface area contributed by atoms with Gasteiger partial charge in [0.15, 0.2) is 0 Å². The monoisotopic (exact) mass is 369 g/mol. The molecule has 0 aliphatic rings. The fraction of sp³-hybridized carbons (Fsp3) is 0.435. The van der Waals surface area contributed by atoms with Crippen LogP contribution in [-0.4, -0.2) is 25.7 Å². The van der Waals surface area contributed by atoms with E-state index < -0.39 is 0 Å². The Morgan fingerprint density at radius 2 is 1.70 bits per heavy atom. The van der Waals surface area contributed by atoms with E-state index in [1.54, 1.807) is 7.11 Å². The van der Waals surface area contributed by atoms with Gasteiger partial charge >= 0.3 is 0 Å². The lowest BCUT2D eigenvalue weighted by Crippen LogP contribution is -2.37. The molecule has 0 saturated carbocycles. The molecule has 0 saturated heterocycles. The zero-order chi connectivity index (χ0) is 20.1. The van der Waals surface area contributed by atoms with Crippen molar-refractivity contribution < 1.29 is 14.3 Å². The van der Waals surface area contributed by atoms with Crippen molar-refractivity contribution >= 4 is 5.91 Å². The summed E-state index contributed by atoms with van der Waals surface area (Å²) in [5.41, 5.74) is 5.04. The van der Waals surface area contributed by atoms with E-state index in [2.05, 4.69) is 33.0 Å². The summed E-state index contributed by atoms with van der Waals surface area (Å²) in [4.78, 5) is 12.8. The van der Waals surface area contributed by atoms with Crippen molar-refractivity contribution in [3.8, 4) is 11.5 Å². The van der Waals surface area contributed by atoms with Crippen LogP contribution in [0.3, 0.4) is 0 Å². The van der Waals surface area contributed by atoms with Gasteiger partial charge in [0.25, 0.3) is 5.91 Å². The van der Waals surface area contributed by atoms with Gasteiger partial charge in [-0.25, -0.2) is 0 Å². The van der Waals surface area contributed by atoms with Crippen LogP contribution < -0.4 is 14.8 Å². The topological polar surface area (TPSA) is 47.6 Å². The van der Waals surface area contributed by atoms with Crippen LogP contribution in [0.5, 0.6) is 11.5 Å². The largest absolute Gasteiger partial charge is 0.496 e. The van der Waals surface area contributed by atoms with E-state index in [0.29, 0.717) is 12.2 Å². The molecular formula is C23H31NO3. The minimum absolute atomic E-state index is 0.0896. The van der Waals surface area contributed by atoms with Crippen molar-refractivity contribution in [3.05, 3.63) is 58.1 Å². The van der Waals surface area contributed by atoms with E-state index in [1.165, 1.54) is 11.1 Å². The summed E-state index contributed by atoms with van der Waals surface area (Å²) >= 11 is 0. The third kappa shape index (κ3) is 5.25. The Balaban J connectivity index is 2.05. The number of nitrogens with one attached hydrogen (secondary N) is 1. The Hall–Kier alpha value is -2.49. The molecule has 4 nitrogen and oxygen atoms in total. The molecule has 2 rings (SSSR count). The molecule has 0 aliphatic heterocycles. The number of carbonyl (C=O) groups excluding carboxylic acids is 1. The maximum atomic E-state index is 12.8. The van der Waals surface area contributed by atoms with Gasteiger partial charge in [-0.2, -0.15) is 0 Å². The van der Waals surface area contributed by atoms with Crippen molar-refractivity contribution in [2.45, 2.75) is 53.5 Å². The lowest BCUT2D eigenvalue weighted by molar-refractivity contribution is 0.0926. The lowest BCUT2D eigenvalue weighted by Gasteiger charge is -2.19. The number of carbonyl (C=O) groups is 1. The summed E-state index contributed by atoms with van der Waals surface area (Å²) in [5.74, 6) is 1.83. The molecule has 0 spiro atoms. The van der Waals surface area contributed by atoms with Crippen LogP contribution >= 0.6 is 0 Å². The number of methoxy groups -OCH3 is 1. The molecule has 0 aromatic heterocycles. The highest BCUT2D eigenvalue weighted by molar-refractivity contribution is 5.96. The van der Waals surface area contributed by atoms with Crippen LogP contribution in [0.15, 0.2) is 30.3 Å². The molecule has 0 unspecified atom stereocenters. The second-order valence-corrected chi connectivity index (χ2v) is 7.50. The zero-order valence-corrected chi connectivity index (χ0v) is 17.5. The second-order valence-electron chi connectivity index (χ2n) is 7.50. The average Bonchev–Trinajstić information content (AvgIpc) is 2.61. The first kappa shape index (κ1) is 20.8. The predicted octanol–water partition coefficient (Wildman–Crippen LogP) is 4.94. The highest BCUT2D eigenvalue weighted by Gasteiger charge is 2.17. The fourth-order valence-corrected chi connectivity index (χ4v) is 2.94. The maximum absolute atomic E-state index is 12.8.